The summed E-state index contributed by atoms with van der Waals surface area (Å²) in [5, 5.41) is 50.1. The lowest BCUT2D eigenvalue weighted by atomic mass is 9.60. The largest absolute Gasteiger partial charge is 0.394 e. The molecule has 8 atom stereocenters. The maximum Gasteiger partial charge on any atom is 0.187 e. The first kappa shape index (κ1) is 22.4. The van der Waals surface area contributed by atoms with Gasteiger partial charge in [-0.15, -0.1) is 0 Å². The first-order valence-electron chi connectivity index (χ1n) is 9.32. The quantitative estimate of drug-likeness (QED) is 0.398. The van der Waals surface area contributed by atoms with Crippen molar-refractivity contribution in [2.45, 2.75) is 82.9 Å². The van der Waals surface area contributed by atoms with Crippen molar-refractivity contribution in [2.24, 2.45) is 11.3 Å². The van der Waals surface area contributed by atoms with Crippen molar-refractivity contribution in [3.8, 4) is 0 Å². The van der Waals surface area contributed by atoms with Crippen LogP contribution in [0, 0.1) is 11.3 Å². The summed E-state index contributed by atoms with van der Waals surface area (Å²) in [6.45, 7) is 6.65. The van der Waals surface area contributed by atoms with Crippen LogP contribution in [-0.2, 0) is 14.3 Å². The summed E-state index contributed by atoms with van der Waals surface area (Å²) >= 11 is 0. The zero-order valence-electron chi connectivity index (χ0n) is 16.3. The molecule has 2 aliphatic rings. The van der Waals surface area contributed by atoms with E-state index in [-0.39, 0.29) is 18.1 Å². The number of ether oxygens (including phenoxy) is 2. The third-order valence-corrected chi connectivity index (χ3v) is 5.83. The Bertz CT molecular complexity index is 560. The van der Waals surface area contributed by atoms with Crippen LogP contribution >= 0.6 is 0 Å². The molecule has 0 unspecified atom stereocenters. The molecule has 8 nitrogen and oxygen atoms in total. The first-order valence-corrected chi connectivity index (χ1v) is 9.32. The lowest BCUT2D eigenvalue weighted by Crippen LogP contribution is -2.59. The molecule has 2 rings (SSSR count). The second-order valence-corrected chi connectivity index (χ2v) is 8.43. The van der Waals surface area contributed by atoms with Crippen molar-refractivity contribution in [2.75, 3.05) is 6.61 Å². The third-order valence-electron chi connectivity index (χ3n) is 5.83. The summed E-state index contributed by atoms with van der Waals surface area (Å²) in [5.74, 6) is -0.138. The molecule has 0 aromatic heterocycles. The monoisotopic (exact) mass is 388 g/mol. The Morgan fingerprint density at radius 3 is 2.44 bits per heavy atom. The van der Waals surface area contributed by atoms with E-state index in [9.17, 15) is 30.3 Å². The number of aliphatic hydroxyl groups excluding tert-OH is 4. The van der Waals surface area contributed by atoms with Crippen molar-refractivity contribution in [3.05, 3.63) is 12.2 Å². The summed E-state index contributed by atoms with van der Waals surface area (Å²) in [5.41, 5.74) is -1.84. The number of carbonyl (C=O) groups excluding carboxylic acids is 1. The maximum absolute atomic E-state index is 11.9. The Kier molecular flexibility index (Phi) is 6.85. The minimum absolute atomic E-state index is 0.121. The van der Waals surface area contributed by atoms with Gasteiger partial charge in [0.25, 0.3) is 0 Å². The maximum atomic E-state index is 11.9. The van der Waals surface area contributed by atoms with Crippen LogP contribution in [-0.4, -0.2) is 80.3 Å². The molecule has 2 fully saturated rings. The minimum atomic E-state index is -1.51. The van der Waals surface area contributed by atoms with Crippen LogP contribution in [0.5, 0.6) is 0 Å². The number of aliphatic hydroxyl groups is 5. The van der Waals surface area contributed by atoms with Gasteiger partial charge >= 0.3 is 0 Å². The van der Waals surface area contributed by atoms with Crippen LogP contribution in [0.1, 0.15) is 40.5 Å². The van der Waals surface area contributed by atoms with E-state index < -0.39 is 54.4 Å². The Morgan fingerprint density at radius 1 is 1.26 bits per heavy atom. The predicted molar refractivity (Wildman–Crippen MR) is 95.6 cm³/mol. The van der Waals surface area contributed by atoms with Crippen LogP contribution in [0.15, 0.2) is 12.2 Å². The molecule has 156 valence electrons. The highest BCUT2D eigenvalue weighted by Crippen LogP contribution is 2.46. The minimum Gasteiger partial charge on any atom is -0.394 e. The molecule has 8 heteroatoms. The topological polar surface area (TPSA) is 137 Å². The van der Waals surface area contributed by atoms with Gasteiger partial charge in [-0.2, -0.15) is 0 Å². The molecule has 5 N–H and O–H groups in total. The highest BCUT2D eigenvalue weighted by atomic mass is 16.7. The lowest BCUT2D eigenvalue weighted by Gasteiger charge is -2.48. The number of rotatable bonds is 5. The van der Waals surface area contributed by atoms with Gasteiger partial charge in [0.2, 0.25) is 0 Å². The van der Waals surface area contributed by atoms with E-state index >= 15 is 0 Å². The fraction of sp³-hybridized carbons (Fsp3) is 0.842. The predicted octanol–water partition coefficient (Wildman–Crippen LogP) is -0.496. The molecule has 0 aromatic rings. The second kappa shape index (κ2) is 8.24. The van der Waals surface area contributed by atoms with E-state index in [1.807, 2.05) is 20.8 Å². The average molecular weight is 388 g/mol. The van der Waals surface area contributed by atoms with Crippen molar-refractivity contribution >= 4 is 5.78 Å². The van der Waals surface area contributed by atoms with Gasteiger partial charge in [0, 0.05) is 18.3 Å². The number of ketones is 1. The van der Waals surface area contributed by atoms with Crippen LogP contribution < -0.4 is 0 Å². The Hall–Kier alpha value is -0.870. The van der Waals surface area contributed by atoms with Crippen LogP contribution in [0.4, 0.5) is 0 Å². The molecule has 1 saturated carbocycles. The van der Waals surface area contributed by atoms with Crippen LogP contribution in [0.25, 0.3) is 0 Å². The Morgan fingerprint density at radius 2 is 1.89 bits per heavy atom. The van der Waals surface area contributed by atoms with Crippen molar-refractivity contribution in [3.63, 3.8) is 0 Å². The van der Waals surface area contributed by atoms with E-state index in [1.54, 1.807) is 19.1 Å². The molecule has 27 heavy (non-hydrogen) atoms. The molecule has 1 aliphatic carbocycles. The smallest absolute Gasteiger partial charge is 0.187 e. The Labute approximate surface area is 159 Å². The number of carbonyl (C=O) groups is 1. The zero-order chi connectivity index (χ0) is 20.6. The summed E-state index contributed by atoms with van der Waals surface area (Å²) in [6.07, 6.45) is -3.51. The van der Waals surface area contributed by atoms with E-state index in [1.165, 1.54) is 0 Å². The van der Waals surface area contributed by atoms with E-state index in [0.29, 0.717) is 6.42 Å². The van der Waals surface area contributed by atoms with Gasteiger partial charge in [0.05, 0.1) is 18.3 Å². The van der Waals surface area contributed by atoms with Crippen LogP contribution in [0.3, 0.4) is 0 Å². The van der Waals surface area contributed by atoms with Crippen molar-refractivity contribution in [1.82, 2.24) is 0 Å². The molecule has 0 aromatic carbocycles. The van der Waals surface area contributed by atoms with Gasteiger partial charge in [-0.3, -0.25) is 4.79 Å². The second-order valence-electron chi connectivity index (χ2n) is 8.43. The molecular formula is C19H32O8. The summed E-state index contributed by atoms with van der Waals surface area (Å²) < 4.78 is 10.9. The van der Waals surface area contributed by atoms with Gasteiger partial charge in [0.15, 0.2) is 6.29 Å². The highest BCUT2D eigenvalue weighted by molar-refractivity contribution is 5.81. The molecule has 0 radical (unpaired) electrons. The van der Waals surface area contributed by atoms with Gasteiger partial charge in [-0.05, 0) is 12.8 Å². The summed E-state index contributed by atoms with van der Waals surface area (Å²) in [4.78, 5) is 11.9. The van der Waals surface area contributed by atoms with Gasteiger partial charge in [0.1, 0.15) is 30.2 Å². The molecule has 1 aliphatic heterocycles. The fourth-order valence-electron chi connectivity index (χ4n) is 3.98. The molecule has 1 heterocycles. The molecule has 0 spiro atoms. The normalized spacial score (nSPS) is 43.8. The number of hydrogen-bond donors (Lipinski definition) is 5. The highest BCUT2D eigenvalue weighted by Gasteiger charge is 2.50. The standard InChI is InChI=1S/C19H32O8/c1-10-7-12(21)8-18(3,4)19(10,25)6-5-11(2)26-17-16(24)15(23)14(22)13(9-20)27-17/h5-6,10-11,13-17,20,22-25H,7-9H2,1-4H3/t10-,11-,13-,14-,15+,16-,17-,19-/m1/s1. The molecule has 1 saturated heterocycles. The average Bonchev–Trinajstić information content (AvgIpc) is 2.58. The van der Waals surface area contributed by atoms with Crippen molar-refractivity contribution in [1.29, 1.82) is 0 Å². The van der Waals surface area contributed by atoms with Crippen LogP contribution in [0.2, 0.25) is 0 Å². The van der Waals surface area contributed by atoms with E-state index in [4.69, 9.17) is 9.47 Å². The van der Waals surface area contributed by atoms with Gasteiger partial charge in [-0.1, -0.05) is 32.9 Å². The van der Waals surface area contributed by atoms with Crippen molar-refractivity contribution < 1.29 is 39.8 Å². The lowest BCUT2D eigenvalue weighted by molar-refractivity contribution is -0.306. The van der Waals surface area contributed by atoms with E-state index in [2.05, 4.69) is 0 Å². The number of Topliss-reactive ketones (excluding diaryl/α,β-unsaturated/α-hetero) is 1. The zero-order valence-corrected chi connectivity index (χ0v) is 16.3. The molecule has 0 amide bonds. The van der Waals surface area contributed by atoms with Gasteiger partial charge in [-0.25, -0.2) is 0 Å². The van der Waals surface area contributed by atoms with E-state index in [0.717, 1.165) is 0 Å². The fourth-order valence-corrected chi connectivity index (χ4v) is 3.98. The molecule has 0 bridgehead atoms. The Balaban J connectivity index is 2.08. The summed E-state index contributed by atoms with van der Waals surface area (Å²) in [7, 11) is 0. The SMILES string of the molecule is C[C@H](C=C[C@@]1(O)[C@H](C)CC(=O)CC1(C)C)O[C@@H]1O[C@H](CO)[C@@H](O)[C@H](O)[C@H]1O. The third kappa shape index (κ3) is 4.42. The first-order chi connectivity index (χ1) is 12.4. The van der Waals surface area contributed by atoms with Gasteiger partial charge < -0.3 is 35.0 Å². The number of hydrogen-bond acceptors (Lipinski definition) is 8. The summed E-state index contributed by atoms with van der Waals surface area (Å²) in [6, 6.07) is 0. The molecular weight excluding hydrogens is 356 g/mol.